The van der Waals surface area contributed by atoms with E-state index in [1.807, 2.05) is 0 Å². The SMILES string of the molecule is CC(C)CCN(C)CC(=O)N(CC(C)C)CC(F)(F)F. The molecule has 0 saturated heterocycles. The Morgan fingerprint density at radius 3 is 2.05 bits per heavy atom. The van der Waals surface area contributed by atoms with Crippen LogP contribution in [0.5, 0.6) is 0 Å². The number of nitrogens with zero attached hydrogens (tertiary/aromatic N) is 2. The van der Waals surface area contributed by atoms with E-state index in [9.17, 15) is 18.0 Å². The molecule has 0 aromatic heterocycles. The van der Waals surface area contributed by atoms with E-state index >= 15 is 0 Å². The van der Waals surface area contributed by atoms with Crippen LogP contribution in [-0.2, 0) is 4.79 Å². The molecule has 20 heavy (non-hydrogen) atoms. The lowest BCUT2D eigenvalue weighted by Gasteiger charge is -2.28. The van der Waals surface area contributed by atoms with Crippen molar-refractivity contribution in [2.24, 2.45) is 11.8 Å². The summed E-state index contributed by atoms with van der Waals surface area (Å²) in [6.07, 6.45) is -3.42. The van der Waals surface area contributed by atoms with Crippen LogP contribution in [0.3, 0.4) is 0 Å². The van der Waals surface area contributed by atoms with Crippen molar-refractivity contribution in [1.82, 2.24) is 9.80 Å². The summed E-state index contributed by atoms with van der Waals surface area (Å²) in [6.45, 7) is 7.48. The van der Waals surface area contributed by atoms with E-state index in [-0.39, 0.29) is 19.0 Å². The van der Waals surface area contributed by atoms with Crippen LogP contribution in [-0.4, -0.2) is 55.1 Å². The van der Waals surface area contributed by atoms with Gasteiger partial charge in [-0.1, -0.05) is 27.7 Å². The largest absolute Gasteiger partial charge is 0.406 e. The van der Waals surface area contributed by atoms with Crippen LogP contribution in [0, 0.1) is 11.8 Å². The third-order valence-electron chi connectivity index (χ3n) is 2.80. The van der Waals surface area contributed by atoms with Gasteiger partial charge in [-0.05, 0) is 31.8 Å². The third-order valence-corrected chi connectivity index (χ3v) is 2.80. The molecule has 0 unspecified atom stereocenters. The highest BCUT2D eigenvalue weighted by molar-refractivity contribution is 5.78. The van der Waals surface area contributed by atoms with Crippen LogP contribution in [0.2, 0.25) is 0 Å². The summed E-state index contributed by atoms with van der Waals surface area (Å²) in [5, 5.41) is 0. The Hall–Kier alpha value is -0.780. The maximum Gasteiger partial charge on any atom is 0.406 e. The first-order valence-corrected chi connectivity index (χ1v) is 7.04. The number of hydrogen-bond acceptors (Lipinski definition) is 2. The fourth-order valence-corrected chi connectivity index (χ4v) is 1.80. The lowest BCUT2D eigenvalue weighted by molar-refractivity contribution is -0.162. The zero-order valence-electron chi connectivity index (χ0n) is 13.1. The molecule has 0 fully saturated rings. The first-order chi connectivity index (χ1) is 9.01. The molecule has 120 valence electrons. The molecule has 1 amide bonds. The highest BCUT2D eigenvalue weighted by Crippen LogP contribution is 2.17. The number of amides is 1. The van der Waals surface area contributed by atoms with Crippen LogP contribution < -0.4 is 0 Å². The molecule has 0 aliphatic rings. The Bertz CT molecular complexity index is 291. The molecule has 6 heteroatoms. The number of hydrogen-bond donors (Lipinski definition) is 0. The summed E-state index contributed by atoms with van der Waals surface area (Å²) >= 11 is 0. The predicted octanol–water partition coefficient (Wildman–Crippen LogP) is 3.01. The molecule has 0 atom stereocenters. The van der Waals surface area contributed by atoms with Gasteiger partial charge in [0.25, 0.3) is 0 Å². The molecule has 0 aliphatic carbocycles. The van der Waals surface area contributed by atoms with E-state index in [2.05, 4.69) is 13.8 Å². The maximum absolute atomic E-state index is 12.5. The quantitative estimate of drug-likeness (QED) is 0.687. The first-order valence-electron chi connectivity index (χ1n) is 7.04. The van der Waals surface area contributed by atoms with E-state index in [1.165, 1.54) is 0 Å². The molecule has 0 aliphatic heterocycles. The minimum absolute atomic E-state index is 0.0160. The monoisotopic (exact) mass is 296 g/mol. The van der Waals surface area contributed by atoms with E-state index in [0.29, 0.717) is 12.5 Å². The lowest BCUT2D eigenvalue weighted by atomic mass is 10.1. The van der Waals surface area contributed by atoms with Crippen molar-refractivity contribution in [2.45, 2.75) is 40.3 Å². The molecule has 0 aromatic carbocycles. The van der Waals surface area contributed by atoms with Crippen molar-refractivity contribution in [3.05, 3.63) is 0 Å². The molecule has 0 radical (unpaired) electrons. The van der Waals surface area contributed by atoms with Crippen LogP contribution in [0.4, 0.5) is 13.2 Å². The molecule has 0 spiro atoms. The highest BCUT2D eigenvalue weighted by atomic mass is 19.4. The smallest absolute Gasteiger partial charge is 0.332 e. The second kappa shape index (κ2) is 8.49. The summed E-state index contributed by atoms with van der Waals surface area (Å²) in [4.78, 5) is 14.7. The Morgan fingerprint density at radius 1 is 1.10 bits per heavy atom. The Morgan fingerprint density at radius 2 is 1.65 bits per heavy atom. The molecular formula is C14H27F3N2O. The molecule has 0 rings (SSSR count). The normalized spacial score (nSPS) is 12.6. The zero-order valence-corrected chi connectivity index (χ0v) is 13.1. The maximum atomic E-state index is 12.5. The van der Waals surface area contributed by atoms with Gasteiger partial charge in [0.1, 0.15) is 6.54 Å². The summed E-state index contributed by atoms with van der Waals surface area (Å²) in [6, 6.07) is 0. The second-order valence-corrected chi connectivity index (χ2v) is 6.20. The van der Waals surface area contributed by atoms with Crippen molar-refractivity contribution < 1.29 is 18.0 Å². The summed E-state index contributed by atoms with van der Waals surface area (Å²) < 4.78 is 37.5. The van der Waals surface area contributed by atoms with Gasteiger partial charge in [0.05, 0.1) is 6.54 Å². The van der Waals surface area contributed by atoms with Gasteiger partial charge in [-0.25, -0.2) is 0 Å². The molecule has 0 saturated carbocycles. The van der Waals surface area contributed by atoms with Crippen molar-refractivity contribution in [2.75, 3.05) is 33.2 Å². The molecular weight excluding hydrogens is 269 g/mol. The summed E-state index contributed by atoms with van der Waals surface area (Å²) in [7, 11) is 1.77. The van der Waals surface area contributed by atoms with E-state index < -0.39 is 18.6 Å². The average Bonchev–Trinajstić information content (AvgIpc) is 2.22. The summed E-state index contributed by atoms with van der Waals surface area (Å²) in [5.74, 6) is 0.0686. The fourth-order valence-electron chi connectivity index (χ4n) is 1.80. The van der Waals surface area contributed by atoms with Crippen LogP contribution in [0.25, 0.3) is 0 Å². The lowest BCUT2D eigenvalue weighted by Crippen LogP contribution is -2.45. The average molecular weight is 296 g/mol. The van der Waals surface area contributed by atoms with Gasteiger partial charge in [0.15, 0.2) is 0 Å². The molecule has 3 nitrogen and oxygen atoms in total. The molecule has 0 N–H and O–H groups in total. The Kier molecular flexibility index (Phi) is 8.16. The van der Waals surface area contributed by atoms with Gasteiger partial charge in [0.2, 0.25) is 5.91 Å². The number of carbonyl (C=O) groups is 1. The van der Waals surface area contributed by atoms with Crippen molar-refractivity contribution in [3.63, 3.8) is 0 Å². The number of likely N-dealkylation sites (N-methyl/N-ethyl adjacent to an activating group) is 1. The summed E-state index contributed by atoms with van der Waals surface area (Å²) in [5.41, 5.74) is 0. The number of alkyl halides is 3. The van der Waals surface area contributed by atoms with Crippen LogP contribution in [0.15, 0.2) is 0 Å². The fraction of sp³-hybridized carbons (Fsp3) is 0.929. The van der Waals surface area contributed by atoms with Gasteiger partial charge in [-0.3, -0.25) is 9.69 Å². The minimum Gasteiger partial charge on any atom is -0.332 e. The van der Waals surface area contributed by atoms with Gasteiger partial charge in [0, 0.05) is 6.54 Å². The first kappa shape index (κ1) is 19.2. The zero-order chi connectivity index (χ0) is 15.9. The highest BCUT2D eigenvalue weighted by Gasteiger charge is 2.33. The predicted molar refractivity (Wildman–Crippen MR) is 74.4 cm³/mol. The molecule has 0 aromatic rings. The molecule has 0 bridgehead atoms. The van der Waals surface area contributed by atoms with Crippen molar-refractivity contribution in [1.29, 1.82) is 0 Å². The van der Waals surface area contributed by atoms with Crippen LogP contribution in [0.1, 0.15) is 34.1 Å². The van der Waals surface area contributed by atoms with E-state index in [1.54, 1.807) is 25.8 Å². The van der Waals surface area contributed by atoms with Gasteiger partial charge >= 0.3 is 6.18 Å². The standard InChI is InChI=1S/C14H27F3N2O/c1-11(2)6-7-18(5)9-13(20)19(8-12(3)4)10-14(15,16)17/h11-12H,6-10H2,1-5H3. The van der Waals surface area contributed by atoms with Gasteiger partial charge in [-0.2, -0.15) is 13.2 Å². The number of halogens is 3. The van der Waals surface area contributed by atoms with E-state index in [0.717, 1.165) is 11.3 Å². The molecule has 0 heterocycles. The van der Waals surface area contributed by atoms with Crippen molar-refractivity contribution in [3.8, 4) is 0 Å². The number of carbonyl (C=O) groups excluding carboxylic acids is 1. The topological polar surface area (TPSA) is 23.6 Å². The minimum atomic E-state index is -4.35. The van der Waals surface area contributed by atoms with E-state index in [4.69, 9.17) is 0 Å². The third kappa shape index (κ3) is 10.1. The van der Waals surface area contributed by atoms with Gasteiger partial charge < -0.3 is 4.90 Å². The number of rotatable bonds is 8. The van der Waals surface area contributed by atoms with Gasteiger partial charge in [-0.15, -0.1) is 0 Å². The van der Waals surface area contributed by atoms with Crippen LogP contribution >= 0.6 is 0 Å². The Labute approximate surface area is 120 Å². The second-order valence-electron chi connectivity index (χ2n) is 6.20. The van der Waals surface area contributed by atoms with Crippen molar-refractivity contribution >= 4 is 5.91 Å². The Balaban J connectivity index is 4.46.